The number of alkyl halides is 1. The van der Waals surface area contributed by atoms with Gasteiger partial charge in [-0.15, -0.1) is 11.6 Å². The zero-order valence-electron chi connectivity index (χ0n) is 9.77. The van der Waals surface area contributed by atoms with E-state index < -0.39 is 0 Å². The van der Waals surface area contributed by atoms with E-state index in [1.807, 2.05) is 0 Å². The Bertz CT molecular complexity index is 144. The highest BCUT2D eigenvalue weighted by atomic mass is 35.5. The largest absolute Gasteiger partial charge is 0.123 e. The van der Waals surface area contributed by atoms with Crippen LogP contribution in [0.15, 0.2) is 0 Å². The Labute approximate surface area is 94.4 Å². The van der Waals surface area contributed by atoms with Crippen molar-refractivity contribution in [3.05, 3.63) is 0 Å². The van der Waals surface area contributed by atoms with Gasteiger partial charge in [-0.1, -0.05) is 46.0 Å². The summed E-state index contributed by atoms with van der Waals surface area (Å²) >= 11 is 6.42. The number of halogens is 1. The molecule has 0 heterocycles. The van der Waals surface area contributed by atoms with Crippen molar-refractivity contribution in [2.75, 3.05) is 0 Å². The van der Waals surface area contributed by atoms with Crippen molar-refractivity contribution < 1.29 is 0 Å². The lowest BCUT2D eigenvalue weighted by atomic mass is 9.92. The predicted octanol–water partition coefficient (Wildman–Crippen LogP) is 5.00. The predicted molar refractivity (Wildman–Crippen MR) is 64.9 cm³/mol. The van der Waals surface area contributed by atoms with Crippen molar-refractivity contribution in [3.63, 3.8) is 0 Å². The fraction of sp³-hybridized carbons (Fsp3) is 1.00. The van der Waals surface area contributed by atoms with E-state index in [0.717, 1.165) is 11.8 Å². The van der Waals surface area contributed by atoms with Gasteiger partial charge in [-0.2, -0.15) is 0 Å². The Morgan fingerprint density at radius 2 is 1.93 bits per heavy atom. The standard InChI is InChI=1S/C13H25Cl/c1-3-6-13(14)12-8-5-7-11(4-2)9-10-12/h11-13H,3-10H2,1-2H3. The molecule has 84 valence electrons. The molecule has 0 radical (unpaired) electrons. The van der Waals surface area contributed by atoms with E-state index in [9.17, 15) is 0 Å². The van der Waals surface area contributed by atoms with Gasteiger partial charge >= 0.3 is 0 Å². The molecular formula is C13H25Cl. The quantitative estimate of drug-likeness (QED) is 0.458. The Morgan fingerprint density at radius 1 is 1.14 bits per heavy atom. The molecule has 0 aromatic rings. The van der Waals surface area contributed by atoms with Crippen molar-refractivity contribution in [1.82, 2.24) is 0 Å². The molecule has 1 fully saturated rings. The summed E-state index contributed by atoms with van der Waals surface area (Å²) in [5, 5.41) is 0.454. The summed E-state index contributed by atoms with van der Waals surface area (Å²) in [7, 11) is 0. The number of hydrogen-bond donors (Lipinski definition) is 0. The van der Waals surface area contributed by atoms with E-state index in [0.29, 0.717) is 5.38 Å². The van der Waals surface area contributed by atoms with Crippen LogP contribution in [-0.4, -0.2) is 5.38 Å². The maximum atomic E-state index is 6.42. The first-order chi connectivity index (χ1) is 6.77. The summed E-state index contributed by atoms with van der Waals surface area (Å²) in [6.45, 7) is 4.57. The van der Waals surface area contributed by atoms with Crippen LogP contribution in [0.1, 0.15) is 65.2 Å². The highest BCUT2D eigenvalue weighted by molar-refractivity contribution is 6.20. The summed E-state index contributed by atoms with van der Waals surface area (Å²) < 4.78 is 0. The van der Waals surface area contributed by atoms with Crippen LogP contribution in [0.25, 0.3) is 0 Å². The highest BCUT2D eigenvalue weighted by Gasteiger charge is 2.22. The minimum atomic E-state index is 0.454. The molecule has 0 spiro atoms. The number of hydrogen-bond acceptors (Lipinski definition) is 0. The summed E-state index contributed by atoms with van der Waals surface area (Å²) in [6, 6.07) is 0. The van der Waals surface area contributed by atoms with E-state index in [2.05, 4.69) is 13.8 Å². The molecule has 0 nitrogen and oxygen atoms in total. The summed E-state index contributed by atoms with van der Waals surface area (Å²) in [6.07, 6.45) is 10.9. The monoisotopic (exact) mass is 216 g/mol. The van der Waals surface area contributed by atoms with Crippen molar-refractivity contribution >= 4 is 11.6 Å². The SMILES string of the molecule is CCCC(Cl)C1CCCC(CC)CC1. The average Bonchev–Trinajstić information content (AvgIpc) is 2.42. The van der Waals surface area contributed by atoms with Gasteiger partial charge in [-0.05, 0) is 31.1 Å². The summed E-state index contributed by atoms with van der Waals surface area (Å²) in [4.78, 5) is 0. The van der Waals surface area contributed by atoms with E-state index >= 15 is 0 Å². The van der Waals surface area contributed by atoms with E-state index in [-0.39, 0.29) is 0 Å². The van der Waals surface area contributed by atoms with Crippen LogP contribution in [0.3, 0.4) is 0 Å². The van der Waals surface area contributed by atoms with Crippen LogP contribution in [0.4, 0.5) is 0 Å². The zero-order valence-corrected chi connectivity index (χ0v) is 10.5. The first kappa shape index (κ1) is 12.4. The van der Waals surface area contributed by atoms with Crippen molar-refractivity contribution in [1.29, 1.82) is 0 Å². The van der Waals surface area contributed by atoms with Gasteiger partial charge in [0.1, 0.15) is 0 Å². The topological polar surface area (TPSA) is 0 Å². The summed E-state index contributed by atoms with van der Waals surface area (Å²) in [5.41, 5.74) is 0. The zero-order chi connectivity index (χ0) is 10.4. The van der Waals surface area contributed by atoms with Gasteiger partial charge in [0.05, 0.1) is 0 Å². The third kappa shape index (κ3) is 3.81. The second-order valence-corrected chi connectivity index (χ2v) is 5.41. The fourth-order valence-corrected chi connectivity index (χ4v) is 3.16. The van der Waals surface area contributed by atoms with E-state index in [4.69, 9.17) is 11.6 Å². The molecule has 0 saturated heterocycles. The minimum absolute atomic E-state index is 0.454. The molecule has 14 heavy (non-hydrogen) atoms. The molecular weight excluding hydrogens is 192 g/mol. The molecule has 0 amide bonds. The molecule has 1 rings (SSSR count). The van der Waals surface area contributed by atoms with Crippen LogP contribution in [-0.2, 0) is 0 Å². The highest BCUT2D eigenvalue weighted by Crippen LogP contribution is 2.33. The lowest BCUT2D eigenvalue weighted by Crippen LogP contribution is -2.14. The first-order valence-electron chi connectivity index (χ1n) is 6.42. The molecule has 3 unspecified atom stereocenters. The van der Waals surface area contributed by atoms with Gasteiger partial charge < -0.3 is 0 Å². The first-order valence-corrected chi connectivity index (χ1v) is 6.85. The Balaban J connectivity index is 2.33. The molecule has 1 aliphatic carbocycles. The van der Waals surface area contributed by atoms with Crippen LogP contribution in [0.5, 0.6) is 0 Å². The average molecular weight is 217 g/mol. The Hall–Kier alpha value is 0.290. The van der Waals surface area contributed by atoms with Gasteiger partial charge in [0.15, 0.2) is 0 Å². The molecule has 0 aromatic carbocycles. The van der Waals surface area contributed by atoms with Gasteiger partial charge in [0, 0.05) is 5.38 Å². The van der Waals surface area contributed by atoms with Crippen LogP contribution < -0.4 is 0 Å². The minimum Gasteiger partial charge on any atom is -0.123 e. The molecule has 1 heteroatoms. The maximum absolute atomic E-state index is 6.42. The molecule has 0 aliphatic heterocycles. The molecule has 0 N–H and O–H groups in total. The van der Waals surface area contributed by atoms with Crippen molar-refractivity contribution in [2.24, 2.45) is 11.8 Å². The normalized spacial score (nSPS) is 31.1. The third-order valence-electron chi connectivity index (χ3n) is 3.79. The third-order valence-corrected chi connectivity index (χ3v) is 4.36. The maximum Gasteiger partial charge on any atom is 0.0364 e. The second-order valence-electron chi connectivity index (χ2n) is 4.85. The van der Waals surface area contributed by atoms with Gasteiger partial charge in [0.2, 0.25) is 0 Å². The van der Waals surface area contributed by atoms with Crippen LogP contribution in [0.2, 0.25) is 0 Å². The van der Waals surface area contributed by atoms with Crippen molar-refractivity contribution in [3.8, 4) is 0 Å². The van der Waals surface area contributed by atoms with E-state index in [1.54, 1.807) is 0 Å². The molecule has 1 aliphatic rings. The Morgan fingerprint density at radius 3 is 2.57 bits per heavy atom. The molecule has 1 saturated carbocycles. The fourth-order valence-electron chi connectivity index (χ4n) is 2.69. The van der Waals surface area contributed by atoms with Crippen molar-refractivity contribution in [2.45, 2.75) is 70.6 Å². The molecule has 0 aromatic heterocycles. The lowest BCUT2D eigenvalue weighted by Gasteiger charge is -2.19. The molecule has 3 atom stereocenters. The van der Waals surface area contributed by atoms with Gasteiger partial charge in [-0.3, -0.25) is 0 Å². The lowest BCUT2D eigenvalue weighted by molar-refractivity contribution is 0.401. The van der Waals surface area contributed by atoms with Crippen LogP contribution in [0, 0.1) is 11.8 Å². The summed E-state index contributed by atoms with van der Waals surface area (Å²) in [5.74, 6) is 1.80. The van der Waals surface area contributed by atoms with E-state index in [1.165, 1.54) is 51.4 Å². The molecule has 0 bridgehead atoms. The smallest absolute Gasteiger partial charge is 0.0364 e. The van der Waals surface area contributed by atoms with Gasteiger partial charge in [0.25, 0.3) is 0 Å². The second kappa shape index (κ2) is 6.71. The number of rotatable bonds is 4. The Kier molecular flexibility index (Phi) is 5.93. The van der Waals surface area contributed by atoms with Crippen LogP contribution >= 0.6 is 11.6 Å². The van der Waals surface area contributed by atoms with Gasteiger partial charge in [-0.25, -0.2) is 0 Å².